The van der Waals surface area contributed by atoms with Gasteiger partial charge in [-0.2, -0.15) is 0 Å². The van der Waals surface area contributed by atoms with Gasteiger partial charge < -0.3 is 9.73 Å². The molecule has 0 unspecified atom stereocenters. The van der Waals surface area contributed by atoms with Crippen molar-refractivity contribution in [1.82, 2.24) is 5.32 Å². The van der Waals surface area contributed by atoms with Gasteiger partial charge in [-0.1, -0.05) is 54.6 Å². The van der Waals surface area contributed by atoms with E-state index in [1.165, 1.54) is 0 Å². The molecule has 4 rings (SSSR count). The number of allylic oxidation sites excluding steroid dienone is 2. The second-order valence-corrected chi connectivity index (χ2v) is 5.93. The van der Waals surface area contributed by atoms with Crippen LogP contribution in [0.5, 0.6) is 0 Å². The van der Waals surface area contributed by atoms with E-state index in [0.717, 1.165) is 27.8 Å². The lowest BCUT2D eigenvalue weighted by atomic mass is 10.0. The number of furan rings is 1. The van der Waals surface area contributed by atoms with Gasteiger partial charge in [-0.25, -0.2) is 0 Å². The molecule has 0 radical (unpaired) electrons. The highest BCUT2D eigenvalue weighted by atomic mass is 16.3. The van der Waals surface area contributed by atoms with Gasteiger partial charge in [-0.3, -0.25) is 4.79 Å². The maximum atomic E-state index is 12.7. The summed E-state index contributed by atoms with van der Waals surface area (Å²) in [5, 5.41) is 3.01. The van der Waals surface area contributed by atoms with Crippen molar-refractivity contribution in [2.45, 2.75) is 6.54 Å². The fraction of sp³-hybridized carbons (Fsp3) is 0.0455. The predicted molar refractivity (Wildman–Crippen MR) is 99.3 cm³/mol. The van der Waals surface area contributed by atoms with Crippen LogP contribution >= 0.6 is 0 Å². The van der Waals surface area contributed by atoms with Crippen molar-refractivity contribution in [3.05, 3.63) is 102 Å². The first-order valence-corrected chi connectivity index (χ1v) is 8.19. The summed E-state index contributed by atoms with van der Waals surface area (Å²) in [6.45, 7) is 0.514. The monoisotopic (exact) mass is 327 g/mol. The Morgan fingerprint density at radius 2 is 1.72 bits per heavy atom. The van der Waals surface area contributed by atoms with Crippen molar-refractivity contribution >= 4 is 23.1 Å². The molecule has 25 heavy (non-hydrogen) atoms. The average molecular weight is 327 g/mol. The smallest absolute Gasteiger partial charge is 0.252 e. The lowest BCUT2D eigenvalue weighted by Crippen LogP contribution is -2.23. The van der Waals surface area contributed by atoms with E-state index in [2.05, 4.69) is 5.32 Å². The highest BCUT2D eigenvalue weighted by Gasteiger charge is 2.22. The molecule has 1 heterocycles. The summed E-state index contributed by atoms with van der Waals surface area (Å²) in [6.07, 6.45) is 7.30. The molecule has 1 aliphatic carbocycles. The van der Waals surface area contributed by atoms with E-state index in [1.807, 2.05) is 72.8 Å². The van der Waals surface area contributed by atoms with Crippen molar-refractivity contribution in [2.75, 3.05) is 0 Å². The van der Waals surface area contributed by atoms with E-state index in [0.29, 0.717) is 12.1 Å². The minimum Gasteiger partial charge on any atom is -0.472 e. The third-order valence-electron chi connectivity index (χ3n) is 4.23. The molecule has 0 atom stereocenters. The Kier molecular flexibility index (Phi) is 4.05. The van der Waals surface area contributed by atoms with Gasteiger partial charge in [0.1, 0.15) is 0 Å². The van der Waals surface area contributed by atoms with Gasteiger partial charge in [-0.15, -0.1) is 0 Å². The third-order valence-corrected chi connectivity index (χ3v) is 4.23. The minimum absolute atomic E-state index is 0.0631. The Labute approximate surface area is 146 Å². The van der Waals surface area contributed by atoms with Crippen LogP contribution in [0.25, 0.3) is 17.2 Å². The van der Waals surface area contributed by atoms with Crippen LogP contribution in [0.15, 0.2) is 83.7 Å². The Morgan fingerprint density at radius 1 is 0.960 bits per heavy atom. The Hall–Kier alpha value is -3.33. The van der Waals surface area contributed by atoms with Crippen LogP contribution in [0.3, 0.4) is 0 Å². The van der Waals surface area contributed by atoms with Crippen LogP contribution in [-0.2, 0) is 11.3 Å². The molecule has 3 nitrogen and oxygen atoms in total. The Morgan fingerprint density at radius 3 is 2.48 bits per heavy atom. The number of hydrogen-bond acceptors (Lipinski definition) is 2. The molecular formula is C22H17NO2. The van der Waals surface area contributed by atoms with Gasteiger partial charge in [0, 0.05) is 17.7 Å². The largest absolute Gasteiger partial charge is 0.472 e. The van der Waals surface area contributed by atoms with Crippen LogP contribution in [0.1, 0.15) is 22.3 Å². The molecule has 0 saturated carbocycles. The van der Waals surface area contributed by atoms with Crippen molar-refractivity contribution in [3.63, 3.8) is 0 Å². The summed E-state index contributed by atoms with van der Waals surface area (Å²) in [5.41, 5.74) is 5.79. The maximum absolute atomic E-state index is 12.7. The van der Waals surface area contributed by atoms with E-state index in [9.17, 15) is 4.79 Å². The molecule has 0 bridgehead atoms. The van der Waals surface area contributed by atoms with Gasteiger partial charge in [-0.05, 0) is 40.5 Å². The van der Waals surface area contributed by atoms with E-state index in [4.69, 9.17) is 4.42 Å². The number of carbonyl (C=O) groups is 1. The van der Waals surface area contributed by atoms with Crippen LogP contribution in [0.4, 0.5) is 0 Å². The van der Waals surface area contributed by atoms with Gasteiger partial charge in [0.15, 0.2) is 0 Å². The molecule has 0 aliphatic heterocycles. The van der Waals surface area contributed by atoms with Gasteiger partial charge >= 0.3 is 0 Å². The first-order valence-electron chi connectivity index (χ1n) is 8.19. The van der Waals surface area contributed by atoms with Crippen LogP contribution < -0.4 is 5.32 Å². The number of benzene rings is 2. The number of carbonyl (C=O) groups excluding carboxylic acids is 1. The second-order valence-electron chi connectivity index (χ2n) is 5.93. The summed E-state index contributed by atoms with van der Waals surface area (Å²) in [4.78, 5) is 12.7. The third kappa shape index (κ3) is 3.17. The highest BCUT2D eigenvalue weighted by Crippen LogP contribution is 2.36. The summed E-state index contributed by atoms with van der Waals surface area (Å²) in [7, 11) is 0. The summed E-state index contributed by atoms with van der Waals surface area (Å²) < 4.78 is 5.13. The van der Waals surface area contributed by atoms with Crippen LogP contribution in [-0.4, -0.2) is 5.91 Å². The van der Waals surface area contributed by atoms with Gasteiger partial charge in [0.25, 0.3) is 5.91 Å². The maximum Gasteiger partial charge on any atom is 0.252 e. The quantitative estimate of drug-likeness (QED) is 0.765. The number of fused-ring (bicyclic) bond motifs is 1. The summed E-state index contributed by atoms with van der Waals surface area (Å²) >= 11 is 0. The fourth-order valence-electron chi connectivity index (χ4n) is 3.00. The lowest BCUT2D eigenvalue weighted by Gasteiger charge is -2.07. The summed E-state index contributed by atoms with van der Waals surface area (Å²) in [5.74, 6) is -0.0631. The lowest BCUT2D eigenvalue weighted by molar-refractivity contribution is -0.115. The molecule has 3 aromatic rings. The van der Waals surface area contributed by atoms with Crippen molar-refractivity contribution in [2.24, 2.45) is 0 Å². The zero-order valence-electron chi connectivity index (χ0n) is 13.6. The molecule has 1 N–H and O–H groups in total. The number of amides is 1. The molecule has 0 spiro atoms. The minimum atomic E-state index is -0.0631. The molecule has 0 saturated heterocycles. The normalized spacial score (nSPS) is 14.2. The van der Waals surface area contributed by atoms with E-state index < -0.39 is 0 Å². The van der Waals surface area contributed by atoms with Gasteiger partial charge in [0.2, 0.25) is 0 Å². The zero-order valence-corrected chi connectivity index (χ0v) is 13.6. The molecule has 3 heteroatoms. The average Bonchev–Trinajstić information content (AvgIpc) is 3.29. The topological polar surface area (TPSA) is 42.2 Å². The first-order chi connectivity index (χ1) is 12.3. The molecule has 122 valence electrons. The molecule has 1 aromatic heterocycles. The predicted octanol–water partition coefficient (Wildman–Crippen LogP) is 4.53. The number of hydrogen-bond donors (Lipinski definition) is 1. The number of nitrogens with one attached hydrogen (secondary N) is 1. The Balaban J connectivity index is 1.61. The molecular weight excluding hydrogens is 310 g/mol. The first kappa shape index (κ1) is 15.2. The number of rotatable bonds is 4. The van der Waals surface area contributed by atoms with Crippen molar-refractivity contribution in [1.29, 1.82) is 0 Å². The van der Waals surface area contributed by atoms with Crippen LogP contribution in [0.2, 0.25) is 0 Å². The zero-order chi connectivity index (χ0) is 17.1. The second kappa shape index (κ2) is 6.65. The summed E-state index contributed by atoms with van der Waals surface area (Å²) in [6, 6.07) is 19.8. The van der Waals surface area contributed by atoms with E-state index >= 15 is 0 Å². The fourth-order valence-corrected chi connectivity index (χ4v) is 3.00. The molecule has 0 fully saturated rings. The Bertz CT molecular complexity index is 951. The van der Waals surface area contributed by atoms with Crippen LogP contribution in [0, 0.1) is 0 Å². The van der Waals surface area contributed by atoms with Gasteiger partial charge in [0.05, 0.1) is 12.5 Å². The molecule has 2 aromatic carbocycles. The standard InChI is InChI=1S/C22H17NO2/c24-22(23-14-16-6-2-1-3-7-16)21-13-18(12-17-10-11-25-15-17)19-8-4-5-9-20(19)21/h1-13,15H,14H2,(H,23,24)/b18-12+. The molecule has 1 amide bonds. The molecule has 1 aliphatic rings. The van der Waals surface area contributed by atoms with Crippen molar-refractivity contribution < 1.29 is 9.21 Å². The van der Waals surface area contributed by atoms with E-state index in [1.54, 1.807) is 12.5 Å². The van der Waals surface area contributed by atoms with Crippen molar-refractivity contribution in [3.8, 4) is 0 Å². The van der Waals surface area contributed by atoms with E-state index in [-0.39, 0.29) is 5.91 Å². The highest BCUT2D eigenvalue weighted by molar-refractivity contribution is 6.26. The SMILES string of the molecule is O=C(NCc1ccccc1)C1=C/C(=C\c2ccoc2)c2ccccc21.